The molecule has 0 unspecified atom stereocenters. The molecular weight excluding hydrogens is 371 g/mol. The number of aromatic nitrogens is 2. The molecule has 3 rings (SSSR count). The van der Waals surface area contributed by atoms with Crippen LogP contribution in [0, 0.1) is 19.7 Å². The zero-order valence-corrected chi connectivity index (χ0v) is 16.6. The van der Waals surface area contributed by atoms with Crippen molar-refractivity contribution in [1.29, 1.82) is 0 Å². The number of anilines is 1. The van der Waals surface area contributed by atoms with Crippen molar-refractivity contribution in [3.8, 4) is 5.69 Å². The minimum Gasteiger partial charge on any atom is -0.349 e. The molecule has 0 spiro atoms. The first kappa shape index (κ1) is 20.3. The SMILES string of the molecule is Cc1cccc(NC(=O)CC(=O)N[C@H](C)c2cnn(-c3ccccc3F)c2)c1C. The van der Waals surface area contributed by atoms with Gasteiger partial charge in [-0.3, -0.25) is 9.59 Å². The van der Waals surface area contributed by atoms with Gasteiger partial charge in [0.05, 0.1) is 12.2 Å². The number of carbonyl (C=O) groups excluding carboxylic acids is 2. The standard InChI is InChI=1S/C22H23FN4O2/c1-14-7-6-9-19(15(14)2)26-22(29)11-21(28)25-16(3)17-12-24-27(13-17)20-10-5-4-8-18(20)23/h4-10,12-13,16H,11H2,1-3H3,(H,25,28)(H,26,29)/t16-/m1/s1. The van der Waals surface area contributed by atoms with E-state index in [9.17, 15) is 14.0 Å². The number of benzene rings is 2. The molecule has 0 aliphatic rings. The molecule has 6 nitrogen and oxygen atoms in total. The maximum absolute atomic E-state index is 13.9. The summed E-state index contributed by atoms with van der Waals surface area (Å²) >= 11 is 0. The van der Waals surface area contributed by atoms with Crippen LogP contribution >= 0.6 is 0 Å². The summed E-state index contributed by atoms with van der Waals surface area (Å²) in [5.41, 5.74) is 3.76. The van der Waals surface area contributed by atoms with E-state index in [0.29, 0.717) is 16.9 Å². The Morgan fingerprint density at radius 2 is 1.86 bits per heavy atom. The van der Waals surface area contributed by atoms with Gasteiger partial charge in [-0.05, 0) is 50.1 Å². The van der Waals surface area contributed by atoms with E-state index < -0.39 is 5.91 Å². The minimum atomic E-state index is -0.404. The van der Waals surface area contributed by atoms with Gasteiger partial charge < -0.3 is 10.6 Å². The third-order valence-electron chi connectivity index (χ3n) is 4.78. The van der Waals surface area contributed by atoms with E-state index in [1.807, 2.05) is 26.0 Å². The van der Waals surface area contributed by atoms with Crippen molar-refractivity contribution >= 4 is 17.5 Å². The van der Waals surface area contributed by atoms with E-state index in [-0.39, 0.29) is 24.2 Å². The van der Waals surface area contributed by atoms with Gasteiger partial charge in [0.1, 0.15) is 17.9 Å². The normalized spacial score (nSPS) is 11.7. The largest absolute Gasteiger partial charge is 0.349 e. The molecule has 2 aromatic carbocycles. The van der Waals surface area contributed by atoms with Crippen LogP contribution in [0.3, 0.4) is 0 Å². The number of nitrogens with zero attached hydrogens (tertiary/aromatic N) is 2. The van der Waals surface area contributed by atoms with Crippen molar-refractivity contribution in [3.63, 3.8) is 0 Å². The van der Waals surface area contributed by atoms with Crippen LogP contribution in [0.1, 0.15) is 36.1 Å². The summed E-state index contributed by atoms with van der Waals surface area (Å²) in [6, 6.07) is 11.5. The molecule has 2 amide bonds. The lowest BCUT2D eigenvalue weighted by molar-refractivity contribution is -0.127. The van der Waals surface area contributed by atoms with E-state index >= 15 is 0 Å². The number of halogens is 1. The summed E-state index contributed by atoms with van der Waals surface area (Å²) in [6.07, 6.45) is 2.92. The van der Waals surface area contributed by atoms with Crippen LogP contribution in [0.4, 0.5) is 10.1 Å². The first-order chi connectivity index (χ1) is 13.8. The van der Waals surface area contributed by atoms with Crippen LogP contribution in [-0.4, -0.2) is 21.6 Å². The molecule has 1 aromatic heterocycles. The Labute approximate surface area is 168 Å². The molecule has 1 atom stereocenters. The summed E-state index contributed by atoms with van der Waals surface area (Å²) < 4.78 is 15.3. The van der Waals surface area contributed by atoms with Crippen molar-refractivity contribution in [2.45, 2.75) is 33.2 Å². The van der Waals surface area contributed by atoms with Crippen LogP contribution in [0.25, 0.3) is 5.69 Å². The van der Waals surface area contributed by atoms with Gasteiger partial charge >= 0.3 is 0 Å². The Balaban J connectivity index is 1.59. The number of amides is 2. The smallest absolute Gasteiger partial charge is 0.233 e. The Morgan fingerprint density at radius 1 is 1.10 bits per heavy atom. The molecule has 0 aliphatic heterocycles. The van der Waals surface area contributed by atoms with E-state index in [1.54, 1.807) is 43.6 Å². The quantitative estimate of drug-likeness (QED) is 0.624. The fraction of sp³-hybridized carbons (Fsp3) is 0.227. The fourth-order valence-corrected chi connectivity index (χ4v) is 2.93. The molecule has 2 N–H and O–H groups in total. The highest BCUT2D eigenvalue weighted by Gasteiger charge is 2.16. The first-order valence-electron chi connectivity index (χ1n) is 9.30. The Hall–Kier alpha value is -3.48. The molecule has 1 heterocycles. The van der Waals surface area contributed by atoms with Crippen LogP contribution in [0.2, 0.25) is 0 Å². The highest BCUT2D eigenvalue weighted by molar-refractivity contribution is 6.04. The molecule has 0 bridgehead atoms. The summed E-state index contributed by atoms with van der Waals surface area (Å²) in [7, 11) is 0. The lowest BCUT2D eigenvalue weighted by Gasteiger charge is -2.13. The maximum Gasteiger partial charge on any atom is 0.233 e. The van der Waals surface area contributed by atoms with Gasteiger partial charge in [-0.15, -0.1) is 0 Å². The van der Waals surface area contributed by atoms with E-state index in [2.05, 4.69) is 15.7 Å². The van der Waals surface area contributed by atoms with Gasteiger partial charge in [-0.1, -0.05) is 24.3 Å². The number of carbonyl (C=O) groups is 2. The van der Waals surface area contributed by atoms with Crippen LogP contribution in [-0.2, 0) is 9.59 Å². The third-order valence-corrected chi connectivity index (χ3v) is 4.78. The second-order valence-electron chi connectivity index (χ2n) is 6.93. The van der Waals surface area contributed by atoms with Crippen LogP contribution < -0.4 is 10.6 Å². The predicted molar refractivity (Wildman–Crippen MR) is 109 cm³/mol. The van der Waals surface area contributed by atoms with Crippen LogP contribution in [0.15, 0.2) is 54.9 Å². The summed E-state index contributed by atoms with van der Waals surface area (Å²) in [4.78, 5) is 24.5. The van der Waals surface area contributed by atoms with Crippen molar-refractivity contribution in [2.24, 2.45) is 0 Å². The fourth-order valence-electron chi connectivity index (χ4n) is 2.93. The van der Waals surface area contributed by atoms with Crippen molar-refractivity contribution in [3.05, 3.63) is 77.4 Å². The highest BCUT2D eigenvalue weighted by atomic mass is 19.1. The summed E-state index contributed by atoms with van der Waals surface area (Å²) in [5.74, 6) is -1.17. The van der Waals surface area contributed by atoms with Gasteiger partial charge in [0.2, 0.25) is 11.8 Å². The molecule has 0 saturated carbocycles. The van der Waals surface area contributed by atoms with Gasteiger partial charge in [0.25, 0.3) is 0 Å². The van der Waals surface area contributed by atoms with Crippen LogP contribution in [0.5, 0.6) is 0 Å². The molecule has 150 valence electrons. The zero-order valence-electron chi connectivity index (χ0n) is 16.6. The van der Waals surface area contributed by atoms with Gasteiger partial charge in [-0.25, -0.2) is 9.07 Å². The topological polar surface area (TPSA) is 76.0 Å². The minimum absolute atomic E-state index is 0.292. The van der Waals surface area contributed by atoms with Gasteiger partial charge in [-0.2, -0.15) is 5.10 Å². The van der Waals surface area contributed by atoms with E-state index in [0.717, 1.165) is 11.1 Å². The molecule has 29 heavy (non-hydrogen) atoms. The summed E-state index contributed by atoms with van der Waals surface area (Å²) in [5, 5.41) is 9.70. The molecule has 0 radical (unpaired) electrons. The Kier molecular flexibility index (Phi) is 6.07. The number of hydrogen-bond acceptors (Lipinski definition) is 3. The molecule has 0 fully saturated rings. The van der Waals surface area contributed by atoms with E-state index in [1.165, 1.54) is 10.7 Å². The van der Waals surface area contributed by atoms with Crippen molar-refractivity contribution in [2.75, 3.05) is 5.32 Å². The number of nitrogens with one attached hydrogen (secondary N) is 2. The average molecular weight is 394 g/mol. The number of rotatable bonds is 6. The number of hydrogen-bond donors (Lipinski definition) is 2. The summed E-state index contributed by atoms with van der Waals surface area (Å²) in [6.45, 7) is 5.66. The second kappa shape index (κ2) is 8.68. The number of para-hydroxylation sites is 1. The lowest BCUT2D eigenvalue weighted by atomic mass is 10.1. The first-order valence-corrected chi connectivity index (χ1v) is 9.30. The maximum atomic E-state index is 13.9. The number of aryl methyl sites for hydroxylation is 1. The third kappa shape index (κ3) is 4.87. The Bertz CT molecular complexity index is 1040. The molecule has 7 heteroatoms. The lowest BCUT2D eigenvalue weighted by Crippen LogP contribution is -2.30. The molecule has 0 aliphatic carbocycles. The van der Waals surface area contributed by atoms with Crippen molar-refractivity contribution in [1.82, 2.24) is 15.1 Å². The molecular formula is C22H23FN4O2. The molecule has 3 aromatic rings. The Morgan fingerprint density at radius 3 is 2.62 bits per heavy atom. The predicted octanol–water partition coefficient (Wildman–Crippen LogP) is 3.83. The van der Waals surface area contributed by atoms with Gasteiger partial charge in [0, 0.05) is 17.4 Å². The average Bonchev–Trinajstić information content (AvgIpc) is 3.16. The highest BCUT2D eigenvalue weighted by Crippen LogP contribution is 2.19. The van der Waals surface area contributed by atoms with Crippen molar-refractivity contribution < 1.29 is 14.0 Å². The van der Waals surface area contributed by atoms with E-state index in [4.69, 9.17) is 0 Å². The van der Waals surface area contributed by atoms with Gasteiger partial charge in [0.15, 0.2) is 0 Å². The second-order valence-corrected chi connectivity index (χ2v) is 6.93. The molecule has 0 saturated heterocycles. The monoisotopic (exact) mass is 394 g/mol. The zero-order chi connectivity index (χ0) is 21.0.